The van der Waals surface area contributed by atoms with Crippen molar-refractivity contribution in [2.45, 2.75) is 31.8 Å². The van der Waals surface area contributed by atoms with Crippen LogP contribution in [-0.4, -0.2) is 53.1 Å². The second-order valence-corrected chi connectivity index (χ2v) is 8.95. The molecular weight excluding hydrogens is 406 g/mol. The van der Waals surface area contributed by atoms with Crippen LogP contribution in [0.2, 0.25) is 0 Å². The number of urea groups is 1. The number of ether oxygens (including phenoxy) is 2. The number of rotatable bonds is 4. The Morgan fingerprint density at radius 1 is 1.23 bits per heavy atom. The fraction of sp³-hybridized carbons (Fsp3) is 0.381. The lowest BCUT2D eigenvalue weighted by Crippen LogP contribution is -2.47. The van der Waals surface area contributed by atoms with Gasteiger partial charge < -0.3 is 19.7 Å². The normalized spacial score (nSPS) is 22.3. The largest absolute Gasteiger partial charge is 0.454 e. The minimum Gasteiger partial charge on any atom is -0.454 e. The van der Waals surface area contributed by atoms with E-state index in [-0.39, 0.29) is 19.2 Å². The number of thiophene rings is 1. The van der Waals surface area contributed by atoms with Crippen LogP contribution in [0.1, 0.15) is 22.9 Å². The third-order valence-electron chi connectivity index (χ3n) is 5.79. The second kappa shape index (κ2) is 7.02. The summed E-state index contributed by atoms with van der Waals surface area (Å²) < 4.78 is 10.7. The average molecular weight is 427 g/mol. The Labute approximate surface area is 177 Å². The van der Waals surface area contributed by atoms with Gasteiger partial charge >= 0.3 is 6.03 Å². The summed E-state index contributed by atoms with van der Waals surface area (Å²) in [7, 11) is 0. The predicted octanol–water partition coefficient (Wildman–Crippen LogP) is 1.91. The van der Waals surface area contributed by atoms with Gasteiger partial charge in [-0.1, -0.05) is 6.07 Å². The predicted molar refractivity (Wildman–Crippen MR) is 108 cm³/mol. The van der Waals surface area contributed by atoms with Crippen molar-refractivity contribution in [3.05, 3.63) is 45.6 Å². The number of imide groups is 1. The van der Waals surface area contributed by atoms with Crippen LogP contribution in [0.3, 0.4) is 0 Å². The maximum absolute atomic E-state index is 13.1. The topological polar surface area (TPSA) is 88.2 Å². The number of carbonyl (C=O) groups excluding carboxylic acids is 3. The molecule has 1 fully saturated rings. The molecule has 9 heteroatoms. The van der Waals surface area contributed by atoms with Gasteiger partial charge in [-0.2, -0.15) is 0 Å². The van der Waals surface area contributed by atoms with Gasteiger partial charge in [-0.05, 0) is 48.1 Å². The van der Waals surface area contributed by atoms with Crippen molar-refractivity contribution >= 4 is 29.2 Å². The first-order valence-electron chi connectivity index (χ1n) is 9.79. The fourth-order valence-electron chi connectivity index (χ4n) is 4.17. The van der Waals surface area contributed by atoms with Crippen LogP contribution in [-0.2, 0) is 29.0 Å². The molecule has 1 N–H and O–H groups in total. The lowest BCUT2D eigenvalue weighted by molar-refractivity contribution is -0.139. The molecule has 0 saturated carbocycles. The molecule has 2 aromatic rings. The number of benzene rings is 1. The molecule has 3 aliphatic rings. The highest BCUT2D eigenvalue weighted by molar-refractivity contribution is 7.10. The molecule has 3 aliphatic heterocycles. The zero-order valence-electron chi connectivity index (χ0n) is 16.5. The van der Waals surface area contributed by atoms with E-state index in [1.165, 1.54) is 4.88 Å². The first-order valence-corrected chi connectivity index (χ1v) is 10.7. The van der Waals surface area contributed by atoms with Crippen LogP contribution in [0.4, 0.5) is 4.79 Å². The second-order valence-electron chi connectivity index (χ2n) is 7.95. The van der Waals surface area contributed by atoms with E-state index in [9.17, 15) is 14.4 Å². The van der Waals surface area contributed by atoms with Crippen LogP contribution in [0.25, 0.3) is 0 Å². The molecule has 5 rings (SSSR count). The molecule has 8 nitrogen and oxygen atoms in total. The van der Waals surface area contributed by atoms with Crippen LogP contribution in [0, 0.1) is 0 Å². The van der Waals surface area contributed by atoms with E-state index >= 15 is 0 Å². The molecular formula is C21H21N3O5S. The molecule has 4 amide bonds. The molecule has 1 atom stereocenters. The first-order chi connectivity index (χ1) is 14.4. The number of nitrogens with zero attached hydrogens (tertiary/aromatic N) is 2. The minimum atomic E-state index is -1.12. The van der Waals surface area contributed by atoms with E-state index in [0.29, 0.717) is 31.0 Å². The highest BCUT2D eigenvalue weighted by Crippen LogP contribution is 2.34. The first kappa shape index (κ1) is 18.9. The fourth-order valence-corrected chi connectivity index (χ4v) is 5.06. The monoisotopic (exact) mass is 427 g/mol. The van der Waals surface area contributed by atoms with Crippen molar-refractivity contribution < 1.29 is 23.9 Å². The van der Waals surface area contributed by atoms with E-state index in [0.717, 1.165) is 22.4 Å². The summed E-state index contributed by atoms with van der Waals surface area (Å²) in [4.78, 5) is 42.4. The number of fused-ring (bicyclic) bond motifs is 2. The molecule has 0 bridgehead atoms. The third-order valence-corrected chi connectivity index (χ3v) is 6.82. The molecule has 1 unspecified atom stereocenters. The maximum Gasteiger partial charge on any atom is 0.325 e. The Bertz CT molecular complexity index is 1050. The van der Waals surface area contributed by atoms with E-state index in [1.807, 2.05) is 23.6 Å². The van der Waals surface area contributed by atoms with Gasteiger partial charge in [0.15, 0.2) is 11.5 Å². The van der Waals surface area contributed by atoms with Crippen molar-refractivity contribution in [1.29, 1.82) is 0 Å². The Morgan fingerprint density at radius 3 is 2.93 bits per heavy atom. The SMILES string of the molecule is CC1(Cc2ccc3c(c2)OCO3)NC(=O)N(CC(=O)N2CCc3sccc3C2)C1=O. The van der Waals surface area contributed by atoms with Crippen molar-refractivity contribution in [2.24, 2.45) is 0 Å². The Kier molecular flexibility index (Phi) is 4.43. The van der Waals surface area contributed by atoms with E-state index < -0.39 is 17.5 Å². The molecule has 30 heavy (non-hydrogen) atoms. The van der Waals surface area contributed by atoms with Crippen LogP contribution >= 0.6 is 11.3 Å². The van der Waals surface area contributed by atoms with Gasteiger partial charge in [-0.25, -0.2) is 4.79 Å². The molecule has 156 valence electrons. The summed E-state index contributed by atoms with van der Waals surface area (Å²) >= 11 is 1.70. The summed E-state index contributed by atoms with van der Waals surface area (Å²) in [5.41, 5.74) is 0.863. The van der Waals surface area contributed by atoms with Crippen LogP contribution in [0.15, 0.2) is 29.6 Å². The molecule has 0 aliphatic carbocycles. The lowest BCUT2D eigenvalue weighted by Gasteiger charge is -2.28. The molecule has 1 aromatic carbocycles. The quantitative estimate of drug-likeness (QED) is 0.754. The highest BCUT2D eigenvalue weighted by atomic mass is 32.1. The van der Waals surface area contributed by atoms with Crippen molar-refractivity contribution in [2.75, 3.05) is 19.9 Å². The van der Waals surface area contributed by atoms with E-state index in [1.54, 1.807) is 29.2 Å². The van der Waals surface area contributed by atoms with Gasteiger partial charge in [-0.3, -0.25) is 14.5 Å². The summed E-state index contributed by atoms with van der Waals surface area (Å²) in [6.45, 7) is 2.73. The van der Waals surface area contributed by atoms with Crippen LogP contribution < -0.4 is 14.8 Å². The Hall–Kier alpha value is -3.07. The standard InChI is InChI=1S/C21H21N3O5S/c1-21(9-13-2-3-15-16(8-13)29-12-28-15)19(26)24(20(27)22-21)11-18(25)23-6-4-17-14(10-23)5-7-30-17/h2-3,5,7-8H,4,6,9-12H2,1H3,(H,22,27). The maximum atomic E-state index is 13.1. The summed E-state index contributed by atoms with van der Waals surface area (Å²) in [5.74, 6) is 0.667. The number of hydrogen-bond donors (Lipinski definition) is 1. The molecule has 0 radical (unpaired) electrons. The van der Waals surface area contributed by atoms with Gasteiger partial charge in [-0.15, -0.1) is 11.3 Å². The smallest absolute Gasteiger partial charge is 0.325 e. The summed E-state index contributed by atoms with van der Waals surface area (Å²) in [6, 6.07) is 6.93. The van der Waals surface area contributed by atoms with Crippen LogP contribution in [0.5, 0.6) is 11.5 Å². The number of nitrogens with one attached hydrogen (secondary N) is 1. The lowest BCUT2D eigenvalue weighted by atomic mass is 9.92. The third kappa shape index (κ3) is 3.19. The number of hydrogen-bond acceptors (Lipinski definition) is 6. The van der Waals surface area contributed by atoms with E-state index in [4.69, 9.17) is 9.47 Å². The average Bonchev–Trinajstić information content (AvgIpc) is 3.42. The highest BCUT2D eigenvalue weighted by Gasteiger charge is 2.48. The zero-order chi connectivity index (χ0) is 20.9. The zero-order valence-corrected chi connectivity index (χ0v) is 17.3. The summed E-state index contributed by atoms with van der Waals surface area (Å²) in [5, 5.41) is 4.79. The minimum absolute atomic E-state index is 0.172. The van der Waals surface area contributed by atoms with Gasteiger partial charge in [0, 0.05) is 24.4 Å². The molecule has 1 saturated heterocycles. The molecule has 4 heterocycles. The van der Waals surface area contributed by atoms with Crippen molar-refractivity contribution in [3.63, 3.8) is 0 Å². The van der Waals surface area contributed by atoms with Crippen molar-refractivity contribution in [1.82, 2.24) is 15.1 Å². The molecule has 0 spiro atoms. The van der Waals surface area contributed by atoms with Gasteiger partial charge in [0.2, 0.25) is 12.7 Å². The summed E-state index contributed by atoms with van der Waals surface area (Å²) in [6.07, 6.45) is 1.10. The number of amides is 4. The Morgan fingerprint density at radius 2 is 2.07 bits per heavy atom. The van der Waals surface area contributed by atoms with Gasteiger partial charge in [0.25, 0.3) is 5.91 Å². The van der Waals surface area contributed by atoms with Gasteiger partial charge in [0.1, 0.15) is 12.1 Å². The van der Waals surface area contributed by atoms with Crippen molar-refractivity contribution in [3.8, 4) is 11.5 Å². The van der Waals surface area contributed by atoms with E-state index in [2.05, 4.69) is 5.32 Å². The molecule has 1 aromatic heterocycles. The van der Waals surface area contributed by atoms with Gasteiger partial charge in [0.05, 0.1) is 0 Å². The Balaban J connectivity index is 1.27. The number of carbonyl (C=O) groups is 3.